The van der Waals surface area contributed by atoms with Gasteiger partial charge >= 0.3 is 22.1 Å². The highest BCUT2D eigenvalue weighted by Crippen LogP contribution is 2.78. The van der Waals surface area contributed by atoms with Crippen LogP contribution < -0.4 is 0 Å². The molecule has 0 aromatic carbocycles. The van der Waals surface area contributed by atoms with Gasteiger partial charge in [0, 0.05) is 28.4 Å². The highest BCUT2D eigenvalue weighted by molar-refractivity contribution is 7.85. The number of rotatable bonds is 3. The lowest BCUT2D eigenvalue weighted by molar-refractivity contribution is -0.195. The third-order valence-electron chi connectivity index (χ3n) is 10.3. The molecule has 8 atom stereocenters. The van der Waals surface area contributed by atoms with E-state index in [1.165, 1.54) is 6.08 Å². The summed E-state index contributed by atoms with van der Waals surface area (Å²) in [6, 6.07) is 1.79. The van der Waals surface area contributed by atoms with Crippen molar-refractivity contribution in [3.63, 3.8) is 0 Å². The van der Waals surface area contributed by atoms with Crippen molar-refractivity contribution in [3.8, 4) is 0 Å². The lowest BCUT2D eigenvalue weighted by Gasteiger charge is -2.65. The van der Waals surface area contributed by atoms with Crippen molar-refractivity contribution in [1.29, 1.82) is 0 Å². The van der Waals surface area contributed by atoms with Gasteiger partial charge in [-0.15, -0.1) is 0 Å². The number of hydrogen-bond acceptors (Lipinski definition) is 10. The van der Waals surface area contributed by atoms with E-state index in [1.807, 2.05) is 26.8 Å². The fraction of sp³-hybridized carbons (Fsp3) is 0.667. The molecule has 0 bridgehead atoms. The van der Waals surface area contributed by atoms with Crippen LogP contribution in [0.3, 0.4) is 0 Å². The number of cyclic esters (lactones) is 2. The molecule has 0 amide bonds. The van der Waals surface area contributed by atoms with Crippen molar-refractivity contribution in [3.05, 3.63) is 36.3 Å². The maximum absolute atomic E-state index is 13.3. The Kier molecular flexibility index (Phi) is 5.05. The average Bonchev–Trinajstić information content (AvgIpc) is 3.40. The number of carbonyl (C=O) groups excluding carboxylic acids is 2. The van der Waals surface area contributed by atoms with Gasteiger partial charge < -0.3 is 18.6 Å². The van der Waals surface area contributed by atoms with Crippen molar-refractivity contribution in [2.75, 3.05) is 6.26 Å². The van der Waals surface area contributed by atoms with Crippen molar-refractivity contribution < 1.29 is 40.9 Å². The monoisotopic (exact) mass is 547 g/mol. The Bertz CT molecular complexity index is 1380. The Labute approximate surface area is 221 Å². The molecule has 3 aliphatic heterocycles. The maximum atomic E-state index is 13.3. The molecule has 10 nitrogen and oxygen atoms in total. The van der Waals surface area contributed by atoms with Crippen LogP contribution in [0.2, 0.25) is 0 Å². The first-order chi connectivity index (χ1) is 17.6. The quantitative estimate of drug-likeness (QED) is 0.315. The van der Waals surface area contributed by atoms with Gasteiger partial charge in [0.2, 0.25) is 0 Å². The van der Waals surface area contributed by atoms with E-state index in [9.17, 15) is 18.0 Å². The molecule has 1 aromatic heterocycles. The average molecular weight is 548 g/mol. The molecule has 0 N–H and O–H groups in total. The van der Waals surface area contributed by atoms with E-state index < -0.39 is 61.7 Å². The van der Waals surface area contributed by atoms with E-state index in [0.29, 0.717) is 18.6 Å². The van der Waals surface area contributed by atoms with Crippen LogP contribution in [0, 0.1) is 28.1 Å². The van der Waals surface area contributed by atoms with E-state index in [1.54, 1.807) is 18.6 Å². The summed E-state index contributed by atoms with van der Waals surface area (Å²) in [6.07, 6.45) is 7.61. The van der Waals surface area contributed by atoms with Gasteiger partial charge in [-0.05, 0) is 50.5 Å². The molecule has 206 valence electrons. The van der Waals surface area contributed by atoms with Crippen LogP contribution in [0.25, 0.3) is 0 Å². The van der Waals surface area contributed by atoms with Crippen LogP contribution >= 0.6 is 0 Å². The predicted octanol–water partition coefficient (Wildman–Crippen LogP) is 3.69. The van der Waals surface area contributed by atoms with Crippen molar-refractivity contribution in [2.45, 2.75) is 77.3 Å². The first-order valence-electron chi connectivity index (χ1n) is 12.9. The molecule has 5 aliphatic rings. The fourth-order valence-electron chi connectivity index (χ4n) is 8.76. The number of nitrogens with zero attached hydrogens (tertiary/aromatic N) is 1. The minimum atomic E-state index is -3.92. The molecule has 2 saturated carbocycles. The topological polar surface area (TPSA) is 134 Å². The third kappa shape index (κ3) is 3.08. The van der Waals surface area contributed by atoms with Crippen molar-refractivity contribution in [1.82, 2.24) is 0 Å². The zero-order chi connectivity index (χ0) is 27.5. The molecule has 6 rings (SSSR count). The summed E-state index contributed by atoms with van der Waals surface area (Å²) < 4.78 is 52.8. The lowest BCUT2D eigenvalue weighted by Crippen LogP contribution is -2.71. The van der Waals surface area contributed by atoms with Crippen LogP contribution in [-0.2, 0) is 38.2 Å². The van der Waals surface area contributed by atoms with Gasteiger partial charge in [0.05, 0.1) is 24.5 Å². The normalized spacial score (nSPS) is 46.0. The van der Waals surface area contributed by atoms with Gasteiger partial charge in [-0.3, -0.25) is 4.28 Å². The second-order valence-electron chi connectivity index (χ2n) is 12.6. The summed E-state index contributed by atoms with van der Waals surface area (Å²) in [5.74, 6) is -1.33. The lowest BCUT2D eigenvalue weighted by atomic mass is 9.37. The summed E-state index contributed by atoms with van der Waals surface area (Å²) >= 11 is 0. The van der Waals surface area contributed by atoms with Gasteiger partial charge in [0.15, 0.2) is 6.10 Å². The molecular formula is C27H33NO9S. The molecule has 2 aliphatic carbocycles. The van der Waals surface area contributed by atoms with E-state index in [2.05, 4.69) is 19.0 Å². The Hall–Kier alpha value is -2.66. The van der Waals surface area contributed by atoms with Crippen LogP contribution in [0.4, 0.5) is 0 Å². The Morgan fingerprint density at radius 2 is 1.82 bits per heavy atom. The summed E-state index contributed by atoms with van der Waals surface area (Å²) in [6.45, 7) is 9.91. The summed E-state index contributed by atoms with van der Waals surface area (Å²) in [7, 11) is -3.92. The van der Waals surface area contributed by atoms with Gasteiger partial charge in [-0.25, -0.2) is 9.59 Å². The van der Waals surface area contributed by atoms with Gasteiger partial charge in [0.25, 0.3) is 0 Å². The van der Waals surface area contributed by atoms with Crippen molar-refractivity contribution >= 4 is 27.8 Å². The molecule has 1 spiro atoms. The zero-order valence-electron chi connectivity index (χ0n) is 22.3. The molecule has 1 aromatic rings. The third-order valence-corrected chi connectivity index (χ3v) is 10.7. The molecule has 0 radical (unpaired) electrons. The highest BCUT2D eigenvalue weighted by atomic mass is 32.2. The number of furan rings is 1. The molecule has 11 heteroatoms. The Balaban J connectivity index is 1.58. The SMILES string of the molecule is CC1(C)OC(=O)C=C[C@]2(C)[C@H]3CC[C@@]4(C)[C@H](c5ccoc5)OC(=O)[C@H]5O[C@]54[C@]3(C)/C(=N/OS(C)(=O)=O)C[C@@H]12. The highest BCUT2D eigenvalue weighted by Gasteiger charge is 2.87. The number of oxime groups is 1. The predicted molar refractivity (Wildman–Crippen MR) is 133 cm³/mol. The number of epoxide rings is 1. The summed E-state index contributed by atoms with van der Waals surface area (Å²) in [4.78, 5) is 25.9. The van der Waals surface area contributed by atoms with Gasteiger partial charge in [-0.1, -0.05) is 32.0 Å². The largest absolute Gasteiger partial charge is 0.472 e. The Morgan fingerprint density at radius 3 is 2.47 bits per heavy atom. The minimum Gasteiger partial charge on any atom is -0.472 e. The molecule has 4 fully saturated rings. The van der Waals surface area contributed by atoms with E-state index in [-0.39, 0.29) is 18.3 Å². The number of hydrogen-bond donors (Lipinski definition) is 0. The number of fused-ring (bicyclic) bond motifs is 3. The number of carbonyl (C=O) groups is 2. The standard InChI is InChI=1S/C27H33NO9S/c1-23(2)17-13-18(28-37-38(6,31)32)26(5)16(24(17,3)10-8-19(29)35-23)7-11-25(4)20(15-9-12-33-14-15)34-22(30)21-27(25,26)36-21/h8-10,12,14,16-17,20-21H,7,11,13H2,1-6H3/b28-18+/t16-,17+,20+,21-,24-,25+,26+,27-/m1/s1. The molecule has 0 unspecified atom stereocenters. The summed E-state index contributed by atoms with van der Waals surface area (Å²) in [5, 5.41) is 4.27. The van der Waals surface area contributed by atoms with E-state index >= 15 is 0 Å². The number of allylic oxidation sites excluding steroid dienone is 1. The second-order valence-corrected chi connectivity index (χ2v) is 14.2. The zero-order valence-corrected chi connectivity index (χ0v) is 23.2. The summed E-state index contributed by atoms with van der Waals surface area (Å²) in [5.41, 5.74) is -2.88. The molecular weight excluding hydrogens is 514 g/mol. The molecule has 2 saturated heterocycles. The fourth-order valence-corrected chi connectivity index (χ4v) is 8.99. The Morgan fingerprint density at radius 1 is 1.08 bits per heavy atom. The van der Waals surface area contributed by atoms with Crippen molar-refractivity contribution in [2.24, 2.45) is 33.2 Å². The first-order valence-corrected chi connectivity index (χ1v) is 14.7. The first kappa shape index (κ1) is 25.6. The smallest absolute Gasteiger partial charge is 0.339 e. The van der Waals surface area contributed by atoms with E-state index in [0.717, 1.165) is 11.8 Å². The van der Waals surface area contributed by atoms with Crippen LogP contribution in [0.5, 0.6) is 0 Å². The van der Waals surface area contributed by atoms with Gasteiger partial charge in [-0.2, -0.15) is 8.42 Å². The van der Waals surface area contributed by atoms with E-state index in [4.69, 9.17) is 22.9 Å². The minimum absolute atomic E-state index is 0.186. The number of ether oxygens (including phenoxy) is 3. The van der Waals surface area contributed by atoms with Crippen LogP contribution in [0.15, 0.2) is 40.3 Å². The molecule has 38 heavy (non-hydrogen) atoms. The van der Waals surface area contributed by atoms with Crippen LogP contribution in [0.1, 0.15) is 65.5 Å². The molecule has 4 heterocycles. The van der Waals surface area contributed by atoms with Gasteiger partial charge in [0.1, 0.15) is 17.3 Å². The maximum Gasteiger partial charge on any atom is 0.339 e. The second kappa shape index (κ2) is 7.50. The van der Waals surface area contributed by atoms with Crippen LogP contribution in [-0.4, -0.2) is 49.6 Å². The number of esters is 2.